The number of aromatic hydroxyl groups is 1. The summed E-state index contributed by atoms with van der Waals surface area (Å²) >= 11 is 0. The second kappa shape index (κ2) is 5.57. The zero-order chi connectivity index (χ0) is 14.9. The smallest absolute Gasteiger partial charge is 0.163 e. The van der Waals surface area contributed by atoms with Crippen molar-refractivity contribution in [3.63, 3.8) is 0 Å². The van der Waals surface area contributed by atoms with Gasteiger partial charge in [0.25, 0.3) is 0 Å². The molecule has 0 radical (unpaired) electrons. The van der Waals surface area contributed by atoms with Gasteiger partial charge in [-0.15, -0.1) is 0 Å². The summed E-state index contributed by atoms with van der Waals surface area (Å²) in [7, 11) is 0. The Bertz CT molecular complexity index is 678. The molecule has 0 atom stereocenters. The molecule has 0 unspecified atom stereocenters. The molecular weight excluding hydrogens is 276 g/mol. The van der Waals surface area contributed by atoms with Crippen molar-refractivity contribution in [3.05, 3.63) is 36.2 Å². The van der Waals surface area contributed by atoms with Crippen LogP contribution in [-0.2, 0) is 0 Å². The first-order valence-electron chi connectivity index (χ1n) is 7.94. The second-order valence-corrected chi connectivity index (χ2v) is 5.99. The normalized spacial score (nSPS) is 18.5. The van der Waals surface area contributed by atoms with Gasteiger partial charge in [0.05, 0.1) is 23.1 Å². The van der Waals surface area contributed by atoms with Crippen LogP contribution in [0.4, 0.5) is 5.69 Å². The van der Waals surface area contributed by atoms with Crippen LogP contribution in [0.3, 0.4) is 0 Å². The maximum Gasteiger partial charge on any atom is 0.163 e. The molecule has 0 spiro atoms. The Morgan fingerprint density at radius 1 is 1.14 bits per heavy atom. The topological polar surface area (TPSA) is 61.3 Å². The Morgan fingerprint density at radius 2 is 1.91 bits per heavy atom. The highest BCUT2D eigenvalue weighted by Crippen LogP contribution is 2.44. The van der Waals surface area contributed by atoms with Gasteiger partial charge in [-0.05, 0) is 25.0 Å². The third kappa shape index (κ3) is 2.52. The summed E-state index contributed by atoms with van der Waals surface area (Å²) in [5.41, 5.74) is 3.02. The minimum atomic E-state index is 0.235. The molecule has 2 aliphatic rings. The quantitative estimate of drug-likeness (QED) is 0.908. The monoisotopic (exact) mass is 296 g/mol. The number of piperazine rings is 1. The summed E-state index contributed by atoms with van der Waals surface area (Å²) in [5, 5.41) is 13.4. The lowest BCUT2D eigenvalue weighted by atomic mass is 10.1. The second-order valence-electron chi connectivity index (χ2n) is 5.99. The SMILES string of the molecule is Oc1ccccc1-c1ncc(N2CCNCC2)c(C2CC2)n1. The number of para-hydroxylation sites is 1. The Balaban J connectivity index is 1.74. The number of nitrogens with one attached hydrogen (secondary N) is 1. The number of benzene rings is 1. The summed E-state index contributed by atoms with van der Waals surface area (Å²) in [6, 6.07) is 7.26. The van der Waals surface area contributed by atoms with Gasteiger partial charge in [-0.3, -0.25) is 0 Å². The van der Waals surface area contributed by atoms with E-state index in [0.29, 0.717) is 17.3 Å². The standard InChI is InChI=1S/C17H20N4O/c22-15-4-2-1-3-13(15)17-19-11-14(16(20-17)12-5-6-12)21-9-7-18-8-10-21/h1-4,11-12,18,22H,5-10H2. The Kier molecular flexibility index (Phi) is 3.42. The molecule has 0 amide bonds. The highest BCUT2D eigenvalue weighted by atomic mass is 16.3. The van der Waals surface area contributed by atoms with Gasteiger partial charge in [-0.2, -0.15) is 0 Å². The van der Waals surface area contributed by atoms with Crippen LogP contribution in [0.5, 0.6) is 5.75 Å². The molecule has 1 saturated heterocycles. The Labute approximate surface area is 130 Å². The number of hydrogen-bond donors (Lipinski definition) is 2. The van der Waals surface area contributed by atoms with E-state index in [9.17, 15) is 5.11 Å². The molecule has 1 aliphatic carbocycles. The number of nitrogens with zero attached hydrogens (tertiary/aromatic N) is 3. The molecule has 2 fully saturated rings. The van der Waals surface area contributed by atoms with Gasteiger partial charge in [-0.1, -0.05) is 12.1 Å². The number of aromatic nitrogens is 2. The van der Waals surface area contributed by atoms with E-state index >= 15 is 0 Å². The maximum atomic E-state index is 10.0. The fourth-order valence-corrected chi connectivity index (χ4v) is 2.99. The fourth-order valence-electron chi connectivity index (χ4n) is 2.99. The third-order valence-corrected chi connectivity index (χ3v) is 4.36. The third-order valence-electron chi connectivity index (χ3n) is 4.36. The van der Waals surface area contributed by atoms with Crippen LogP contribution >= 0.6 is 0 Å². The first kappa shape index (κ1) is 13.5. The van der Waals surface area contributed by atoms with Gasteiger partial charge in [-0.25, -0.2) is 9.97 Å². The van der Waals surface area contributed by atoms with E-state index < -0.39 is 0 Å². The van der Waals surface area contributed by atoms with Crippen molar-refractivity contribution in [2.24, 2.45) is 0 Å². The Hall–Kier alpha value is -2.14. The number of anilines is 1. The molecule has 5 nitrogen and oxygen atoms in total. The molecule has 22 heavy (non-hydrogen) atoms. The highest BCUT2D eigenvalue weighted by molar-refractivity contribution is 5.65. The van der Waals surface area contributed by atoms with Crippen LogP contribution in [0, 0.1) is 0 Å². The van der Waals surface area contributed by atoms with E-state index in [-0.39, 0.29) is 5.75 Å². The molecule has 0 bridgehead atoms. The van der Waals surface area contributed by atoms with Crippen molar-refractivity contribution in [2.45, 2.75) is 18.8 Å². The fraction of sp³-hybridized carbons (Fsp3) is 0.412. The number of hydrogen-bond acceptors (Lipinski definition) is 5. The van der Waals surface area contributed by atoms with E-state index in [1.165, 1.54) is 18.5 Å². The van der Waals surface area contributed by atoms with Crippen LogP contribution in [0.2, 0.25) is 0 Å². The van der Waals surface area contributed by atoms with Crippen LogP contribution in [0.25, 0.3) is 11.4 Å². The summed E-state index contributed by atoms with van der Waals surface area (Å²) < 4.78 is 0. The molecule has 1 aliphatic heterocycles. The minimum absolute atomic E-state index is 0.235. The number of phenols is 1. The van der Waals surface area contributed by atoms with Crippen molar-refractivity contribution in [1.29, 1.82) is 0 Å². The Morgan fingerprint density at radius 3 is 2.64 bits per heavy atom. The number of rotatable bonds is 3. The lowest BCUT2D eigenvalue weighted by Gasteiger charge is -2.30. The number of phenolic OH excluding ortho intramolecular Hbond substituents is 1. The van der Waals surface area contributed by atoms with E-state index in [1.807, 2.05) is 24.4 Å². The molecule has 2 N–H and O–H groups in total. The molecule has 5 heteroatoms. The largest absolute Gasteiger partial charge is 0.507 e. The van der Waals surface area contributed by atoms with E-state index in [1.54, 1.807) is 6.07 Å². The lowest BCUT2D eigenvalue weighted by Crippen LogP contribution is -2.44. The van der Waals surface area contributed by atoms with Crippen molar-refractivity contribution in [3.8, 4) is 17.1 Å². The van der Waals surface area contributed by atoms with E-state index in [4.69, 9.17) is 4.98 Å². The molecule has 2 aromatic rings. The lowest BCUT2D eigenvalue weighted by molar-refractivity contribution is 0.477. The highest BCUT2D eigenvalue weighted by Gasteiger charge is 2.30. The van der Waals surface area contributed by atoms with Crippen molar-refractivity contribution < 1.29 is 5.11 Å². The predicted octanol–water partition coefficient (Wildman–Crippen LogP) is 2.14. The molecule has 114 valence electrons. The average molecular weight is 296 g/mol. The van der Waals surface area contributed by atoms with Crippen molar-refractivity contribution in [2.75, 3.05) is 31.1 Å². The van der Waals surface area contributed by atoms with Gasteiger partial charge in [0.2, 0.25) is 0 Å². The maximum absolute atomic E-state index is 10.0. The zero-order valence-corrected chi connectivity index (χ0v) is 12.5. The van der Waals surface area contributed by atoms with Crippen LogP contribution in [-0.4, -0.2) is 41.3 Å². The average Bonchev–Trinajstić information content (AvgIpc) is 3.41. The summed E-state index contributed by atoms with van der Waals surface area (Å²) in [6.07, 6.45) is 4.35. The molecule has 4 rings (SSSR count). The van der Waals surface area contributed by atoms with Gasteiger partial charge in [0.15, 0.2) is 5.82 Å². The summed E-state index contributed by atoms with van der Waals surface area (Å²) in [6.45, 7) is 4.01. The van der Waals surface area contributed by atoms with Crippen LogP contribution in [0.15, 0.2) is 30.5 Å². The predicted molar refractivity (Wildman–Crippen MR) is 86.2 cm³/mol. The van der Waals surface area contributed by atoms with Gasteiger partial charge in [0, 0.05) is 32.1 Å². The van der Waals surface area contributed by atoms with Crippen LogP contribution in [0.1, 0.15) is 24.5 Å². The minimum Gasteiger partial charge on any atom is -0.507 e. The van der Waals surface area contributed by atoms with Gasteiger partial charge in [0.1, 0.15) is 5.75 Å². The first-order valence-corrected chi connectivity index (χ1v) is 7.94. The van der Waals surface area contributed by atoms with Crippen LogP contribution < -0.4 is 10.2 Å². The van der Waals surface area contributed by atoms with E-state index in [2.05, 4.69) is 15.2 Å². The summed E-state index contributed by atoms with van der Waals surface area (Å²) in [5.74, 6) is 1.41. The van der Waals surface area contributed by atoms with E-state index in [0.717, 1.165) is 31.9 Å². The molecule has 1 saturated carbocycles. The van der Waals surface area contributed by atoms with Crippen molar-refractivity contribution in [1.82, 2.24) is 15.3 Å². The van der Waals surface area contributed by atoms with Gasteiger partial charge < -0.3 is 15.3 Å². The first-order chi connectivity index (χ1) is 10.8. The zero-order valence-electron chi connectivity index (χ0n) is 12.5. The molecular formula is C17H20N4O. The van der Waals surface area contributed by atoms with Crippen molar-refractivity contribution >= 4 is 5.69 Å². The summed E-state index contributed by atoms with van der Waals surface area (Å²) in [4.78, 5) is 11.7. The van der Waals surface area contributed by atoms with Gasteiger partial charge >= 0.3 is 0 Å². The molecule has 1 aromatic carbocycles. The molecule has 1 aromatic heterocycles. The molecule has 2 heterocycles.